The average molecular weight is 288 g/mol. The highest BCUT2D eigenvalue weighted by atomic mass is 16.4. The molecule has 0 unspecified atom stereocenters. The molecule has 0 aliphatic rings. The first-order valence-electron chi connectivity index (χ1n) is 6.43. The van der Waals surface area contributed by atoms with Gasteiger partial charge in [-0.1, -0.05) is 13.8 Å². The fourth-order valence-electron chi connectivity index (χ4n) is 1.80. The van der Waals surface area contributed by atoms with Crippen LogP contribution < -0.4 is 5.32 Å². The molecule has 2 aromatic rings. The van der Waals surface area contributed by atoms with Gasteiger partial charge in [-0.05, 0) is 18.1 Å². The van der Waals surface area contributed by atoms with Crippen molar-refractivity contribution in [2.45, 2.75) is 19.8 Å². The summed E-state index contributed by atoms with van der Waals surface area (Å²) in [6, 6.07) is 4.83. The Bertz CT molecular complexity index is 674. The van der Waals surface area contributed by atoms with Crippen molar-refractivity contribution in [2.75, 3.05) is 5.32 Å². The van der Waals surface area contributed by atoms with Crippen LogP contribution in [-0.2, 0) is 7.05 Å². The lowest BCUT2D eigenvalue weighted by molar-refractivity contribution is 0.0689. The summed E-state index contributed by atoms with van der Waals surface area (Å²) in [4.78, 5) is 27.2. The third kappa shape index (κ3) is 3.25. The maximum atomic E-state index is 12.1. The SMILES string of the molecule is CC(C)c1ccc(NC(=O)c2cc(C(=O)O)nn2C)cn1. The minimum absolute atomic E-state index is 0.167. The number of hydrogen-bond acceptors (Lipinski definition) is 4. The molecule has 0 spiro atoms. The van der Waals surface area contributed by atoms with Crippen molar-refractivity contribution in [3.63, 3.8) is 0 Å². The van der Waals surface area contributed by atoms with E-state index >= 15 is 0 Å². The standard InChI is InChI=1S/C14H16N4O3/c1-8(2)10-5-4-9(7-15-10)16-13(19)12-6-11(14(20)21)17-18(12)3/h4-8H,1-3H3,(H,16,19)(H,20,21). The number of rotatable bonds is 4. The zero-order valence-electron chi connectivity index (χ0n) is 12.0. The number of nitrogens with one attached hydrogen (secondary N) is 1. The number of carbonyl (C=O) groups excluding carboxylic acids is 1. The highest BCUT2D eigenvalue weighted by Crippen LogP contribution is 2.14. The first-order chi connectivity index (χ1) is 9.88. The maximum Gasteiger partial charge on any atom is 0.356 e. The highest BCUT2D eigenvalue weighted by Gasteiger charge is 2.17. The molecule has 21 heavy (non-hydrogen) atoms. The van der Waals surface area contributed by atoms with Gasteiger partial charge in [0, 0.05) is 18.8 Å². The summed E-state index contributed by atoms with van der Waals surface area (Å²) < 4.78 is 1.23. The van der Waals surface area contributed by atoms with E-state index in [0.717, 1.165) is 5.69 Å². The molecule has 7 heteroatoms. The summed E-state index contributed by atoms with van der Waals surface area (Å²) in [6.07, 6.45) is 1.57. The molecule has 0 aliphatic heterocycles. The topological polar surface area (TPSA) is 97.1 Å². The number of carboxylic acids is 1. The van der Waals surface area contributed by atoms with Gasteiger partial charge in [-0.25, -0.2) is 4.79 Å². The first kappa shape index (κ1) is 14.7. The van der Waals surface area contributed by atoms with Gasteiger partial charge in [-0.15, -0.1) is 0 Å². The van der Waals surface area contributed by atoms with Gasteiger partial charge < -0.3 is 10.4 Å². The Kier molecular flexibility index (Phi) is 4.02. The van der Waals surface area contributed by atoms with Crippen LogP contribution in [0.25, 0.3) is 0 Å². The van der Waals surface area contributed by atoms with Crippen LogP contribution in [0, 0.1) is 0 Å². The van der Waals surface area contributed by atoms with Gasteiger partial charge >= 0.3 is 5.97 Å². The minimum atomic E-state index is -1.17. The van der Waals surface area contributed by atoms with Crippen molar-refractivity contribution in [1.29, 1.82) is 0 Å². The van der Waals surface area contributed by atoms with E-state index in [1.807, 2.05) is 19.9 Å². The minimum Gasteiger partial charge on any atom is -0.476 e. The zero-order valence-corrected chi connectivity index (χ0v) is 12.0. The Morgan fingerprint density at radius 2 is 2.05 bits per heavy atom. The molecule has 0 aromatic carbocycles. The van der Waals surface area contributed by atoms with Crippen LogP contribution in [0.3, 0.4) is 0 Å². The number of carboxylic acid groups (broad SMARTS) is 1. The second-order valence-electron chi connectivity index (χ2n) is 4.92. The van der Waals surface area contributed by atoms with E-state index in [1.54, 1.807) is 12.3 Å². The largest absolute Gasteiger partial charge is 0.476 e. The fourth-order valence-corrected chi connectivity index (χ4v) is 1.80. The summed E-state index contributed by atoms with van der Waals surface area (Å²) in [5, 5.41) is 15.3. The van der Waals surface area contributed by atoms with Crippen molar-refractivity contribution in [2.24, 2.45) is 7.05 Å². The molecular weight excluding hydrogens is 272 g/mol. The molecule has 7 nitrogen and oxygen atoms in total. The molecule has 2 N–H and O–H groups in total. The van der Waals surface area contributed by atoms with Crippen molar-refractivity contribution in [1.82, 2.24) is 14.8 Å². The van der Waals surface area contributed by atoms with E-state index in [0.29, 0.717) is 11.6 Å². The molecule has 2 rings (SSSR count). The number of aromatic carboxylic acids is 1. The van der Waals surface area contributed by atoms with Gasteiger partial charge in [0.2, 0.25) is 0 Å². The number of nitrogens with zero attached hydrogens (tertiary/aromatic N) is 3. The van der Waals surface area contributed by atoms with Crippen LogP contribution in [-0.4, -0.2) is 31.7 Å². The Labute approximate surface area is 121 Å². The third-order valence-electron chi connectivity index (χ3n) is 2.97. The van der Waals surface area contributed by atoms with Crippen LogP contribution in [0.15, 0.2) is 24.4 Å². The molecule has 0 bridgehead atoms. The van der Waals surface area contributed by atoms with Gasteiger partial charge in [-0.2, -0.15) is 5.10 Å². The van der Waals surface area contributed by atoms with Crippen molar-refractivity contribution < 1.29 is 14.7 Å². The van der Waals surface area contributed by atoms with E-state index in [-0.39, 0.29) is 11.4 Å². The van der Waals surface area contributed by atoms with E-state index in [9.17, 15) is 9.59 Å². The van der Waals surface area contributed by atoms with E-state index < -0.39 is 11.9 Å². The molecular formula is C14H16N4O3. The molecule has 0 radical (unpaired) electrons. The number of hydrogen-bond donors (Lipinski definition) is 2. The molecule has 0 saturated heterocycles. The monoisotopic (exact) mass is 288 g/mol. The zero-order chi connectivity index (χ0) is 15.6. The number of aromatic nitrogens is 3. The number of pyridine rings is 1. The lowest BCUT2D eigenvalue weighted by Crippen LogP contribution is -2.16. The predicted octanol–water partition coefficient (Wildman–Crippen LogP) is 1.89. The van der Waals surface area contributed by atoms with Crippen molar-refractivity contribution >= 4 is 17.6 Å². The lowest BCUT2D eigenvalue weighted by Gasteiger charge is -2.07. The maximum absolute atomic E-state index is 12.1. The molecule has 0 saturated carbocycles. The first-order valence-corrected chi connectivity index (χ1v) is 6.43. The van der Waals surface area contributed by atoms with Gasteiger partial charge in [-0.3, -0.25) is 14.5 Å². The number of anilines is 1. The van der Waals surface area contributed by atoms with Crippen LogP contribution in [0.2, 0.25) is 0 Å². The molecule has 2 aromatic heterocycles. The predicted molar refractivity (Wildman–Crippen MR) is 76.4 cm³/mol. The van der Waals surface area contributed by atoms with Gasteiger partial charge in [0.1, 0.15) is 5.69 Å². The highest BCUT2D eigenvalue weighted by molar-refractivity contribution is 6.04. The van der Waals surface area contributed by atoms with Gasteiger partial charge in [0.15, 0.2) is 5.69 Å². The van der Waals surface area contributed by atoms with E-state index in [2.05, 4.69) is 15.4 Å². The normalized spacial score (nSPS) is 10.7. The smallest absolute Gasteiger partial charge is 0.356 e. The van der Waals surface area contributed by atoms with Gasteiger partial charge in [0.05, 0.1) is 11.9 Å². The molecule has 110 valence electrons. The van der Waals surface area contributed by atoms with Crippen molar-refractivity contribution in [3.05, 3.63) is 41.5 Å². The summed E-state index contributed by atoms with van der Waals surface area (Å²) in [6.45, 7) is 4.06. The second-order valence-corrected chi connectivity index (χ2v) is 4.92. The Morgan fingerprint density at radius 1 is 1.33 bits per heavy atom. The van der Waals surface area contributed by atoms with Crippen molar-refractivity contribution in [3.8, 4) is 0 Å². The van der Waals surface area contributed by atoms with Gasteiger partial charge in [0.25, 0.3) is 5.91 Å². The number of carbonyl (C=O) groups is 2. The quantitative estimate of drug-likeness (QED) is 0.895. The van der Waals surface area contributed by atoms with Crippen LogP contribution in [0.5, 0.6) is 0 Å². The molecule has 2 heterocycles. The third-order valence-corrected chi connectivity index (χ3v) is 2.97. The number of aryl methyl sites for hydroxylation is 1. The lowest BCUT2D eigenvalue weighted by atomic mass is 10.1. The molecule has 0 atom stereocenters. The molecule has 1 amide bonds. The van der Waals surface area contributed by atoms with E-state index in [1.165, 1.54) is 17.8 Å². The molecule has 0 aliphatic carbocycles. The Hall–Kier alpha value is -2.70. The number of amides is 1. The molecule has 0 fully saturated rings. The Morgan fingerprint density at radius 3 is 2.52 bits per heavy atom. The summed E-state index contributed by atoms with van der Waals surface area (Å²) in [7, 11) is 1.52. The summed E-state index contributed by atoms with van der Waals surface area (Å²) in [5.74, 6) is -1.30. The van der Waals surface area contributed by atoms with E-state index in [4.69, 9.17) is 5.11 Å². The summed E-state index contributed by atoms with van der Waals surface area (Å²) in [5.41, 5.74) is 1.47. The second kappa shape index (κ2) is 5.74. The summed E-state index contributed by atoms with van der Waals surface area (Å²) >= 11 is 0. The Balaban J connectivity index is 2.16. The van der Waals surface area contributed by atoms with Crippen LogP contribution >= 0.6 is 0 Å². The van der Waals surface area contributed by atoms with Crippen LogP contribution in [0.4, 0.5) is 5.69 Å². The fraction of sp³-hybridized carbons (Fsp3) is 0.286. The average Bonchev–Trinajstić information content (AvgIpc) is 2.81. The van der Waals surface area contributed by atoms with Crippen LogP contribution in [0.1, 0.15) is 46.4 Å².